The second-order valence-corrected chi connectivity index (χ2v) is 8.60. The summed E-state index contributed by atoms with van der Waals surface area (Å²) in [5.74, 6) is -0.962. The summed E-state index contributed by atoms with van der Waals surface area (Å²) >= 11 is 6.91. The highest BCUT2D eigenvalue weighted by atomic mass is 35.5. The van der Waals surface area contributed by atoms with Gasteiger partial charge in [-0.3, -0.25) is 14.5 Å². The summed E-state index contributed by atoms with van der Waals surface area (Å²) in [5.41, 5.74) is 3.25. The van der Waals surface area contributed by atoms with Crippen LogP contribution in [0.1, 0.15) is 29.5 Å². The molecule has 2 amide bonds. The molecule has 4 rings (SSSR count). The number of carbonyl (C=O) groups excluding carboxylic acids is 2. The van der Waals surface area contributed by atoms with Gasteiger partial charge in [-0.15, -0.1) is 0 Å². The Morgan fingerprint density at radius 3 is 2.62 bits per heavy atom. The molecule has 29 heavy (non-hydrogen) atoms. The molecule has 2 aromatic rings. The average molecular weight is 431 g/mol. The van der Waals surface area contributed by atoms with E-state index in [0.717, 1.165) is 40.9 Å². The van der Waals surface area contributed by atoms with Crippen LogP contribution in [0.15, 0.2) is 41.3 Å². The van der Waals surface area contributed by atoms with Gasteiger partial charge in [-0.1, -0.05) is 23.7 Å². The van der Waals surface area contributed by atoms with Gasteiger partial charge in [-0.05, 0) is 73.0 Å². The molecule has 0 aliphatic carbocycles. The lowest BCUT2D eigenvalue weighted by molar-refractivity contribution is -0.123. The molecule has 2 aromatic carbocycles. The number of hydrogen-bond donors (Lipinski definition) is 0. The van der Waals surface area contributed by atoms with E-state index in [0.29, 0.717) is 4.91 Å². The first kappa shape index (κ1) is 20.0. The summed E-state index contributed by atoms with van der Waals surface area (Å²) in [6.45, 7) is 3.95. The summed E-state index contributed by atoms with van der Waals surface area (Å²) in [4.78, 5) is 28.9. The molecule has 0 saturated carbocycles. The fourth-order valence-electron chi connectivity index (χ4n) is 3.61. The maximum atomic E-state index is 14.1. The van der Waals surface area contributed by atoms with E-state index in [1.165, 1.54) is 30.7 Å². The van der Waals surface area contributed by atoms with E-state index in [4.69, 9.17) is 11.6 Å². The van der Waals surface area contributed by atoms with Crippen molar-refractivity contribution in [3.8, 4) is 0 Å². The molecule has 0 N–H and O–H groups in total. The number of hydrogen-bond acceptors (Lipinski definition) is 4. The Kier molecular flexibility index (Phi) is 5.65. The lowest BCUT2D eigenvalue weighted by Crippen LogP contribution is -2.28. The smallest absolute Gasteiger partial charge is 0.293 e. The zero-order valence-electron chi connectivity index (χ0n) is 16.0. The molecule has 0 atom stereocenters. The van der Waals surface area contributed by atoms with E-state index in [-0.39, 0.29) is 17.1 Å². The van der Waals surface area contributed by atoms with Crippen LogP contribution in [0.2, 0.25) is 5.02 Å². The van der Waals surface area contributed by atoms with E-state index >= 15 is 0 Å². The molecule has 4 nitrogen and oxygen atoms in total. The van der Waals surface area contributed by atoms with Crippen molar-refractivity contribution in [2.45, 2.75) is 26.3 Å². The van der Waals surface area contributed by atoms with Crippen molar-refractivity contribution in [2.75, 3.05) is 18.0 Å². The molecule has 2 saturated heterocycles. The highest BCUT2D eigenvalue weighted by molar-refractivity contribution is 8.18. The number of nitrogens with zero attached hydrogens (tertiary/aromatic N) is 2. The van der Waals surface area contributed by atoms with Crippen molar-refractivity contribution >= 4 is 46.3 Å². The Balaban J connectivity index is 1.56. The number of thioether (sulfide) groups is 1. The lowest BCUT2D eigenvalue weighted by atomic mass is 10.1. The number of carbonyl (C=O) groups is 2. The maximum absolute atomic E-state index is 14.1. The molecule has 0 spiro atoms. The van der Waals surface area contributed by atoms with Crippen molar-refractivity contribution in [1.29, 1.82) is 0 Å². The Labute approximate surface area is 178 Å². The van der Waals surface area contributed by atoms with E-state index in [9.17, 15) is 14.0 Å². The van der Waals surface area contributed by atoms with Crippen molar-refractivity contribution in [3.05, 3.63) is 68.8 Å². The number of benzene rings is 2. The van der Waals surface area contributed by atoms with Crippen LogP contribution >= 0.6 is 23.4 Å². The van der Waals surface area contributed by atoms with Crippen molar-refractivity contribution in [1.82, 2.24) is 4.90 Å². The SMILES string of the molecule is Cc1cc(N2CCCC2)ccc1/C=C1/SC(=O)N(Cc2c(F)cccc2Cl)C1=O. The predicted octanol–water partition coefficient (Wildman–Crippen LogP) is 5.62. The van der Waals surface area contributed by atoms with Crippen LogP contribution in [0.3, 0.4) is 0 Å². The number of aryl methyl sites for hydroxylation is 1. The van der Waals surface area contributed by atoms with Crippen LogP contribution in [-0.2, 0) is 11.3 Å². The van der Waals surface area contributed by atoms with Crippen molar-refractivity contribution < 1.29 is 14.0 Å². The van der Waals surface area contributed by atoms with Gasteiger partial charge in [-0.25, -0.2) is 4.39 Å². The molecule has 150 valence electrons. The maximum Gasteiger partial charge on any atom is 0.293 e. The quantitative estimate of drug-likeness (QED) is 0.590. The first-order chi connectivity index (χ1) is 13.9. The number of halogens is 2. The first-order valence-electron chi connectivity index (χ1n) is 9.48. The Hall–Kier alpha value is -2.31. The number of imide groups is 1. The van der Waals surface area contributed by atoms with E-state index in [2.05, 4.69) is 11.0 Å². The van der Waals surface area contributed by atoms with Gasteiger partial charge in [0.1, 0.15) is 5.82 Å². The minimum absolute atomic E-state index is 0.142. The number of amides is 2. The summed E-state index contributed by atoms with van der Waals surface area (Å²) in [6, 6.07) is 10.4. The lowest BCUT2D eigenvalue weighted by Gasteiger charge is -2.18. The fourth-order valence-corrected chi connectivity index (χ4v) is 4.66. The molecule has 7 heteroatoms. The minimum atomic E-state index is -0.533. The average Bonchev–Trinajstić information content (AvgIpc) is 3.30. The molecule has 0 aromatic heterocycles. The van der Waals surface area contributed by atoms with Gasteiger partial charge in [0.05, 0.1) is 11.4 Å². The van der Waals surface area contributed by atoms with Gasteiger partial charge in [0, 0.05) is 29.4 Å². The zero-order chi connectivity index (χ0) is 20.5. The Morgan fingerprint density at radius 2 is 1.93 bits per heavy atom. The predicted molar refractivity (Wildman–Crippen MR) is 116 cm³/mol. The minimum Gasteiger partial charge on any atom is -0.372 e. The van der Waals surface area contributed by atoms with Crippen LogP contribution < -0.4 is 4.90 Å². The van der Waals surface area contributed by atoms with Crippen LogP contribution in [0.4, 0.5) is 14.9 Å². The third kappa shape index (κ3) is 4.05. The molecule has 2 heterocycles. The van der Waals surface area contributed by atoms with Crippen molar-refractivity contribution in [2.24, 2.45) is 0 Å². The Bertz CT molecular complexity index is 998. The van der Waals surface area contributed by atoms with E-state index in [1.54, 1.807) is 12.1 Å². The third-order valence-corrected chi connectivity index (χ3v) is 6.52. The molecular formula is C22H20ClFN2O2S. The standard InChI is InChI=1S/C22H20ClFN2O2S/c1-14-11-16(25-9-2-3-10-25)8-7-15(14)12-20-21(27)26(22(28)29-20)13-17-18(23)5-4-6-19(17)24/h4-8,11-12H,2-3,9-10,13H2,1H3/b20-12+. The van der Waals surface area contributed by atoms with E-state index < -0.39 is 17.0 Å². The largest absolute Gasteiger partial charge is 0.372 e. The second-order valence-electron chi connectivity index (χ2n) is 7.20. The van der Waals surface area contributed by atoms with Crippen LogP contribution in [0.25, 0.3) is 6.08 Å². The molecule has 2 aliphatic heterocycles. The number of anilines is 1. The molecular weight excluding hydrogens is 411 g/mol. The molecule has 0 bridgehead atoms. The Morgan fingerprint density at radius 1 is 1.17 bits per heavy atom. The second kappa shape index (κ2) is 8.20. The van der Waals surface area contributed by atoms with Gasteiger partial charge in [0.25, 0.3) is 11.1 Å². The van der Waals surface area contributed by atoms with Crippen LogP contribution in [0, 0.1) is 12.7 Å². The van der Waals surface area contributed by atoms with E-state index in [1.807, 2.05) is 19.1 Å². The van der Waals surface area contributed by atoms with Gasteiger partial charge in [0.15, 0.2) is 0 Å². The van der Waals surface area contributed by atoms with Crippen LogP contribution in [-0.4, -0.2) is 29.1 Å². The normalized spacial score (nSPS) is 18.4. The van der Waals surface area contributed by atoms with Crippen molar-refractivity contribution in [3.63, 3.8) is 0 Å². The first-order valence-corrected chi connectivity index (χ1v) is 10.7. The molecule has 0 radical (unpaired) electrons. The third-order valence-electron chi connectivity index (χ3n) is 5.26. The molecule has 0 unspecified atom stereocenters. The highest BCUT2D eigenvalue weighted by Gasteiger charge is 2.36. The summed E-state index contributed by atoms with van der Waals surface area (Å²) < 4.78 is 14.1. The summed E-state index contributed by atoms with van der Waals surface area (Å²) in [5, 5.41) is -0.228. The zero-order valence-corrected chi connectivity index (χ0v) is 17.5. The molecule has 2 aliphatic rings. The summed E-state index contributed by atoms with van der Waals surface area (Å²) in [7, 11) is 0. The summed E-state index contributed by atoms with van der Waals surface area (Å²) in [6.07, 6.45) is 4.15. The van der Waals surface area contributed by atoms with Gasteiger partial charge in [-0.2, -0.15) is 0 Å². The molecule has 2 fully saturated rings. The topological polar surface area (TPSA) is 40.6 Å². The monoisotopic (exact) mass is 430 g/mol. The fraction of sp³-hybridized carbons (Fsp3) is 0.273. The highest BCUT2D eigenvalue weighted by Crippen LogP contribution is 2.35. The van der Waals surface area contributed by atoms with Gasteiger partial charge in [0.2, 0.25) is 0 Å². The van der Waals surface area contributed by atoms with Gasteiger partial charge >= 0.3 is 0 Å². The van der Waals surface area contributed by atoms with Crippen LogP contribution in [0.5, 0.6) is 0 Å². The van der Waals surface area contributed by atoms with Gasteiger partial charge < -0.3 is 4.90 Å². The number of rotatable bonds is 4.